The van der Waals surface area contributed by atoms with Gasteiger partial charge in [0, 0.05) is 17.8 Å². The number of H-pyrrole nitrogens is 1. The second-order valence-corrected chi connectivity index (χ2v) is 11.1. The summed E-state index contributed by atoms with van der Waals surface area (Å²) in [5, 5.41) is 18.6. The third-order valence-electron chi connectivity index (χ3n) is 6.77. The van der Waals surface area contributed by atoms with Crippen molar-refractivity contribution >= 4 is 26.7 Å². The van der Waals surface area contributed by atoms with Crippen molar-refractivity contribution in [3.63, 3.8) is 0 Å². The van der Waals surface area contributed by atoms with Gasteiger partial charge < -0.3 is 10.8 Å². The molecule has 0 atom stereocenters. The second kappa shape index (κ2) is 8.23. The first-order valence-corrected chi connectivity index (χ1v) is 12.8. The van der Waals surface area contributed by atoms with E-state index in [1.807, 2.05) is 62.4 Å². The van der Waals surface area contributed by atoms with Crippen LogP contribution in [0.15, 0.2) is 65.6 Å². The molecule has 1 aliphatic carbocycles. The SMILES string of the molecule is Cc1cc(S(=O)(=O)NC2CC(O)(Cc3ccccc3)C2)ccc1-c1ccc2[nH]nc(N)c2c1C. The van der Waals surface area contributed by atoms with Crippen molar-refractivity contribution in [3.8, 4) is 11.1 Å². The smallest absolute Gasteiger partial charge is 0.240 e. The van der Waals surface area contributed by atoms with Gasteiger partial charge in [0.1, 0.15) is 0 Å². The van der Waals surface area contributed by atoms with E-state index < -0.39 is 15.6 Å². The molecule has 4 aromatic rings. The molecule has 5 N–H and O–H groups in total. The number of benzene rings is 3. The Labute approximate surface area is 199 Å². The highest BCUT2D eigenvalue weighted by Crippen LogP contribution is 2.37. The number of nitrogens with two attached hydrogens (primary N) is 1. The minimum absolute atomic E-state index is 0.216. The van der Waals surface area contributed by atoms with Crippen molar-refractivity contribution in [2.45, 2.75) is 49.6 Å². The van der Waals surface area contributed by atoms with Gasteiger partial charge in [0.25, 0.3) is 0 Å². The number of aromatic nitrogens is 2. The molecule has 0 unspecified atom stereocenters. The summed E-state index contributed by atoms with van der Waals surface area (Å²) in [5.74, 6) is 0.447. The molecule has 8 heteroatoms. The number of nitrogen functional groups attached to an aromatic ring is 1. The van der Waals surface area contributed by atoms with Crippen molar-refractivity contribution < 1.29 is 13.5 Å². The number of nitrogens with one attached hydrogen (secondary N) is 2. The fourth-order valence-corrected chi connectivity index (χ4v) is 6.38. The van der Waals surface area contributed by atoms with Crippen LogP contribution in [0, 0.1) is 13.8 Å². The van der Waals surface area contributed by atoms with Gasteiger partial charge in [0.15, 0.2) is 5.82 Å². The Hall–Kier alpha value is -3.20. The largest absolute Gasteiger partial charge is 0.389 e. The van der Waals surface area contributed by atoms with Gasteiger partial charge in [-0.3, -0.25) is 5.10 Å². The Balaban J connectivity index is 1.32. The average molecular weight is 477 g/mol. The highest BCUT2D eigenvalue weighted by atomic mass is 32.2. The van der Waals surface area contributed by atoms with Crippen molar-refractivity contribution in [3.05, 3.63) is 77.4 Å². The fourth-order valence-electron chi connectivity index (χ4n) is 5.06. The van der Waals surface area contributed by atoms with Gasteiger partial charge >= 0.3 is 0 Å². The number of fused-ring (bicyclic) bond motifs is 1. The molecule has 0 amide bonds. The Morgan fingerprint density at radius 3 is 2.50 bits per heavy atom. The van der Waals surface area contributed by atoms with Gasteiger partial charge in [-0.05, 0) is 72.7 Å². The Bertz CT molecular complexity index is 1470. The standard InChI is InChI=1S/C26H28N4O3S/c1-16-12-20(8-9-21(16)22-10-11-23-24(17(22)2)25(27)29-28-23)34(32,33)30-19-14-26(31,15-19)13-18-6-4-3-5-7-18/h3-12,19,30-31H,13-15H2,1-2H3,(H3,27,28,29). The molecule has 34 heavy (non-hydrogen) atoms. The van der Waals surface area contributed by atoms with E-state index in [0.29, 0.717) is 25.1 Å². The van der Waals surface area contributed by atoms with E-state index in [-0.39, 0.29) is 10.9 Å². The van der Waals surface area contributed by atoms with Crippen LogP contribution in [0.25, 0.3) is 22.0 Å². The summed E-state index contributed by atoms with van der Waals surface area (Å²) in [6, 6.07) is 18.5. The molecular formula is C26H28N4O3S. The van der Waals surface area contributed by atoms with E-state index in [4.69, 9.17) is 5.73 Å². The number of hydrogen-bond acceptors (Lipinski definition) is 5. The molecule has 1 fully saturated rings. The number of nitrogens with zero attached hydrogens (tertiary/aromatic N) is 1. The lowest BCUT2D eigenvalue weighted by atomic mass is 9.73. The van der Waals surface area contributed by atoms with E-state index >= 15 is 0 Å². The maximum atomic E-state index is 13.0. The molecule has 0 spiro atoms. The van der Waals surface area contributed by atoms with Crippen molar-refractivity contribution in [1.82, 2.24) is 14.9 Å². The molecule has 0 aliphatic heterocycles. The summed E-state index contributed by atoms with van der Waals surface area (Å²) in [4.78, 5) is 0.216. The van der Waals surface area contributed by atoms with Gasteiger partial charge in [-0.15, -0.1) is 0 Å². The van der Waals surface area contributed by atoms with Gasteiger partial charge in [-0.2, -0.15) is 5.10 Å². The first kappa shape index (κ1) is 22.6. The molecule has 5 rings (SSSR count). The number of aryl methyl sites for hydroxylation is 2. The third kappa shape index (κ3) is 4.09. The average Bonchev–Trinajstić information content (AvgIpc) is 3.15. The van der Waals surface area contributed by atoms with Crippen LogP contribution in [0.2, 0.25) is 0 Å². The van der Waals surface area contributed by atoms with Gasteiger partial charge in [-0.1, -0.05) is 42.5 Å². The van der Waals surface area contributed by atoms with E-state index in [1.165, 1.54) is 0 Å². The zero-order valence-electron chi connectivity index (χ0n) is 19.2. The predicted molar refractivity (Wildman–Crippen MR) is 134 cm³/mol. The van der Waals surface area contributed by atoms with E-state index in [1.54, 1.807) is 12.1 Å². The molecule has 0 bridgehead atoms. The summed E-state index contributed by atoms with van der Waals surface area (Å²) in [7, 11) is -3.70. The lowest BCUT2D eigenvalue weighted by Gasteiger charge is -2.43. The van der Waals surface area contributed by atoms with Gasteiger partial charge in [0.05, 0.1) is 16.0 Å². The van der Waals surface area contributed by atoms with Crippen molar-refractivity contribution in [1.29, 1.82) is 0 Å². The molecule has 176 valence electrons. The zero-order valence-corrected chi connectivity index (χ0v) is 20.0. The first-order valence-electron chi connectivity index (χ1n) is 11.3. The number of hydrogen-bond donors (Lipinski definition) is 4. The molecule has 7 nitrogen and oxygen atoms in total. The highest BCUT2D eigenvalue weighted by molar-refractivity contribution is 7.89. The van der Waals surface area contributed by atoms with Crippen LogP contribution >= 0.6 is 0 Å². The monoisotopic (exact) mass is 476 g/mol. The quantitative estimate of drug-likeness (QED) is 0.337. The van der Waals surface area contributed by atoms with Crippen LogP contribution in [0.1, 0.15) is 29.5 Å². The topological polar surface area (TPSA) is 121 Å². The van der Waals surface area contributed by atoms with Crippen LogP contribution in [-0.4, -0.2) is 35.4 Å². The van der Waals surface area contributed by atoms with E-state index in [2.05, 4.69) is 14.9 Å². The molecule has 0 radical (unpaired) electrons. The van der Waals surface area contributed by atoms with Gasteiger partial charge in [0.2, 0.25) is 10.0 Å². The molecule has 1 heterocycles. The molecule has 1 aliphatic rings. The number of aliphatic hydroxyl groups is 1. The van der Waals surface area contributed by atoms with Crippen molar-refractivity contribution in [2.24, 2.45) is 0 Å². The molecule has 1 aromatic heterocycles. The summed E-state index contributed by atoms with van der Waals surface area (Å²) in [5.41, 5.74) is 10.8. The maximum absolute atomic E-state index is 13.0. The number of sulfonamides is 1. The summed E-state index contributed by atoms with van der Waals surface area (Å²) < 4.78 is 28.8. The lowest BCUT2D eigenvalue weighted by molar-refractivity contribution is -0.0495. The lowest BCUT2D eigenvalue weighted by Crippen LogP contribution is -2.56. The van der Waals surface area contributed by atoms with E-state index in [0.717, 1.165) is 38.7 Å². The zero-order chi connectivity index (χ0) is 24.1. The number of aromatic amines is 1. The van der Waals surface area contributed by atoms with Crippen LogP contribution in [-0.2, 0) is 16.4 Å². The second-order valence-electron chi connectivity index (χ2n) is 9.36. The fraction of sp³-hybridized carbons (Fsp3) is 0.269. The molecule has 0 saturated heterocycles. The van der Waals surface area contributed by atoms with Crippen LogP contribution in [0.3, 0.4) is 0 Å². The predicted octanol–water partition coefficient (Wildman–Crippen LogP) is 3.84. The third-order valence-corrected chi connectivity index (χ3v) is 8.29. The maximum Gasteiger partial charge on any atom is 0.240 e. The normalized spacial score (nSPS) is 20.4. The summed E-state index contributed by atoms with van der Waals surface area (Å²) in [6.07, 6.45) is 1.30. The van der Waals surface area contributed by atoms with Crippen molar-refractivity contribution in [2.75, 3.05) is 5.73 Å². The van der Waals surface area contributed by atoms with Crippen LogP contribution in [0.5, 0.6) is 0 Å². The summed E-state index contributed by atoms with van der Waals surface area (Å²) in [6.45, 7) is 3.89. The minimum atomic E-state index is -3.70. The van der Waals surface area contributed by atoms with Gasteiger partial charge in [-0.25, -0.2) is 13.1 Å². The van der Waals surface area contributed by atoms with E-state index in [9.17, 15) is 13.5 Å². The Morgan fingerprint density at radius 2 is 1.79 bits per heavy atom. The summed E-state index contributed by atoms with van der Waals surface area (Å²) >= 11 is 0. The number of rotatable bonds is 6. The van der Waals surface area contributed by atoms with Crippen LogP contribution < -0.4 is 10.5 Å². The molecule has 3 aromatic carbocycles. The van der Waals surface area contributed by atoms with Crippen LogP contribution in [0.4, 0.5) is 5.82 Å². The highest BCUT2D eigenvalue weighted by Gasteiger charge is 2.44. The first-order chi connectivity index (χ1) is 16.2. The number of anilines is 1. The minimum Gasteiger partial charge on any atom is -0.389 e. The Kier molecular flexibility index (Phi) is 5.47. The molecule has 1 saturated carbocycles. The Morgan fingerprint density at radius 1 is 1.09 bits per heavy atom. The molecular weight excluding hydrogens is 448 g/mol.